The highest BCUT2D eigenvalue weighted by molar-refractivity contribution is 6.04. The molecule has 1 saturated heterocycles. The summed E-state index contributed by atoms with van der Waals surface area (Å²) in [7, 11) is 0. The molecule has 2 aromatic heterocycles. The topological polar surface area (TPSA) is 123 Å². The molecule has 1 aromatic carbocycles. The van der Waals surface area contributed by atoms with E-state index >= 15 is 0 Å². The number of nitrogens with zero attached hydrogens (tertiary/aromatic N) is 4. The summed E-state index contributed by atoms with van der Waals surface area (Å²) in [6.07, 6.45) is -3.18. The van der Waals surface area contributed by atoms with Gasteiger partial charge in [0.15, 0.2) is 5.69 Å². The number of piperidine rings is 1. The third kappa shape index (κ3) is 3.55. The van der Waals surface area contributed by atoms with Crippen molar-refractivity contribution in [2.75, 3.05) is 5.32 Å². The number of para-hydroxylation sites is 1. The summed E-state index contributed by atoms with van der Waals surface area (Å²) in [5.41, 5.74) is 4.87. The molecule has 0 radical (unpaired) electrons. The van der Waals surface area contributed by atoms with Crippen LogP contribution in [0.4, 0.5) is 19.0 Å². The summed E-state index contributed by atoms with van der Waals surface area (Å²) in [5.74, 6) is -2.01. The number of nitrogens with one attached hydrogen (secondary N) is 1. The van der Waals surface area contributed by atoms with E-state index in [2.05, 4.69) is 15.4 Å². The first-order chi connectivity index (χ1) is 16.1. The first kappa shape index (κ1) is 21.9. The van der Waals surface area contributed by atoms with E-state index in [1.165, 1.54) is 15.6 Å². The van der Waals surface area contributed by atoms with Gasteiger partial charge in [-0.05, 0) is 31.0 Å². The Kier molecular flexibility index (Phi) is 5.03. The first-order valence-corrected chi connectivity index (χ1v) is 10.6. The number of nitrogens with two attached hydrogens (primary N) is 1. The molecule has 1 unspecified atom stereocenters. The van der Waals surface area contributed by atoms with E-state index in [4.69, 9.17) is 5.73 Å². The van der Waals surface area contributed by atoms with Crippen LogP contribution in [0.2, 0.25) is 0 Å². The average molecular weight is 472 g/mol. The summed E-state index contributed by atoms with van der Waals surface area (Å²) in [4.78, 5) is 42.7. The first-order valence-electron chi connectivity index (χ1n) is 10.6. The van der Waals surface area contributed by atoms with Gasteiger partial charge >= 0.3 is 6.18 Å². The van der Waals surface area contributed by atoms with Crippen LogP contribution in [0.5, 0.6) is 0 Å². The molecule has 3 heterocycles. The Bertz CT molecular complexity index is 1320. The highest BCUT2D eigenvalue weighted by Gasteiger charge is 2.58. The summed E-state index contributed by atoms with van der Waals surface area (Å²) in [6, 6.07) is 9.12. The molecule has 2 fully saturated rings. The lowest BCUT2D eigenvalue weighted by atomic mass is 9.65. The summed E-state index contributed by atoms with van der Waals surface area (Å²) in [5, 5.41) is 7.10. The molecule has 2 aliphatic rings. The van der Waals surface area contributed by atoms with Gasteiger partial charge < -0.3 is 16.0 Å². The molecule has 0 bridgehead atoms. The quantitative estimate of drug-likeness (QED) is 0.589. The number of anilines is 1. The zero-order chi connectivity index (χ0) is 24.2. The second-order valence-corrected chi connectivity index (χ2v) is 8.34. The van der Waals surface area contributed by atoms with E-state index < -0.39 is 29.7 Å². The highest BCUT2D eigenvalue weighted by Crippen LogP contribution is 2.47. The van der Waals surface area contributed by atoms with Crippen molar-refractivity contribution in [3.8, 4) is 0 Å². The van der Waals surface area contributed by atoms with Crippen molar-refractivity contribution in [1.29, 1.82) is 0 Å². The minimum Gasteiger partial charge on any atom is -0.364 e. The molecule has 5 rings (SSSR count). The van der Waals surface area contributed by atoms with Gasteiger partial charge in [0.05, 0.1) is 5.52 Å². The van der Waals surface area contributed by atoms with Gasteiger partial charge in [0.25, 0.3) is 5.91 Å². The third-order valence-electron chi connectivity index (χ3n) is 6.38. The predicted molar refractivity (Wildman–Crippen MR) is 113 cm³/mol. The van der Waals surface area contributed by atoms with Crippen molar-refractivity contribution < 1.29 is 27.6 Å². The molecule has 34 heavy (non-hydrogen) atoms. The third-order valence-corrected chi connectivity index (χ3v) is 6.38. The van der Waals surface area contributed by atoms with Crippen LogP contribution in [-0.4, -0.2) is 49.5 Å². The summed E-state index contributed by atoms with van der Waals surface area (Å²) < 4.78 is 40.2. The molecule has 3 aromatic rings. The maximum absolute atomic E-state index is 13.2. The van der Waals surface area contributed by atoms with Crippen molar-refractivity contribution in [1.82, 2.24) is 19.7 Å². The van der Waals surface area contributed by atoms with Crippen molar-refractivity contribution >= 4 is 34.4 Å². The monoisotopic (exact) mass is 472 g/mol. The maximum Gasteiger partial charge on any atom is 0.433 e. The van der Waals surface area contributed by atoms with Crippen LogP contribution in [0.15, 0.2) is 42.5 Å². The number of hydrogen-bond acceptors (Lipinski definition) is 5. The molecule has 1 saturated carbocycles. The summed E-state index contributed by atoms with van der Waals surface area (Å²) in [6.45, 7) is -0.220. The number of halogens is 3. The van der Waals surface area contributed by atoms with Gasteiger partial charge in [0.1, 0.15) is 24.1 Å². The lowest BCUT2D eigenvalue weighted by Gasteiger charge is -2.60. The number of benzene rings is 1. The van der Waals surface area contributed by atoms with Gasteiger partial charge in [-0.1, -0.05) is 24.3 Å². The Hall–Kier alpha value is -3.96. The fourth-order valence-electron chi connectivity index (χ4n) is 4.70. The van der Waals surface area contributed by atoms with Crippen molar-refractivity contribution in [2.45, 2.75) is 37.6 Å². The minimum absolute atomic E-state index is 0.0402. The van der Waals surface area contributed by atoms with E-state index in [1.54, 1.807) is 24.3 Å². The van der Waals surface area contributed by atoms with Crippen LogP contribution in [0.3, 0.4) is 0 Å². The second kappa shape index (κ2) is 7.82. The van der Waals surface area contributed by atoms with E-state index in [0.29, 0.717) is 10.9 Å². The molecule has 176 valence electrons. The number of carbonyl (C=O) groups is 3. The van der Waals surface area contributed by atoms with Crippen LogP contribution in [0.25, 0.3) is 10.9 Å². The van der Waals surface area contributed by atoms with Crippen LogP contribution < -0.4 is 11.1 Å². The Morgan fingerprint density at radius 2 is 1.85 bits per heavy atom. The number of aromatic nitrogens is 3. The number of primary amides is 1. The van der Waals surface area contributed by atoms with E-state index in [1.807, 2.05) is 0 Å². The zero-order valence-corrected chi connectivity index (χ0v) is 17.6. The SMILES string of the molecule is NC(=O)c1nn(CC(=O)N2[C@H]3CCC3[C@@H]2C(=O)Nc2cccc(C(F)(F)F)n2)c2ccccc12. The number of rotatable bonds is 5. The van der Waals surface area contributed by atoms with Crippen LogP contribution in [-0.2, 0) is 22.3 Å². The van der Waals surface area contributed by atoms with Gasteiger partial charge in [-0.3, -0.25) is 19.1 Å². The molecular weight excluding hydrogens is 453 g/mol. The molecular formula is C22H19F3N6O3. The molecule has 3 N–H and O–H groups in total. The number of fused-ring (bicyclic) bond motifs is 2. The molecule has 9 nitrogen and oxygen atoms in total. The Morgan fingerprint density at radius 1 is 1.09 bits per heavy atom. The smallest absolute Gasteiger partial charge is 0.364 e. The van der Waals surface area contributed by atoms with Crippen LogP contribution in [0.1, 0.15) is 29.0 Å². The number of amides is 3. The largest absolute Gasteiger partial charge is 0.433 e. The Balaban J connectivity index is 1.35. The van der Waals surface area contributed by atoms with Crippen molar-refractivity contribution in [3.63, 3.8) is 0 Å². The van der Waals surface area contributed by atoms with E-state index in [-0.39, 0.29) is 35.9 Å². The lowest BCUT2D eigenvalue weighted by molar-refractivity contribution is -0.174. The number of carbonyl (C=O) groups excluding carboxylic acids is 3. The molecule has 1 aliphatic heterocycles. The molecule has 0 spiro atoms. The molecule has 3 amide bonds. The van der Waals surface area contributed by atoms with Crippen LogP contribution >= 0.6 is 0 Å². The fraction of sp³-hybridized carbons (Fsp3) is 0.318. The van der Waals surface area contributed by atoms with Gasteiger partial charge in [0, 0.05) is 17.3 Å². The standard InChI is InChI=1S/C22H19F3N6O3/c23-22(24,25)15-6-3-7-16(27-15)28-21(34)19-12-8-9-14(12)31(19)17(32)10-30-13-5-2-1-4-11(13)18(29-30)20(26)33/h1-7,12,14,19H,8-10H2,(H2,26,33)(H,27,28,34)/t12?,14-,19+/m0/s1. The molecule has 3 atom stereocenters. The average Bonchev–Trinajstić information content (AvgIpc) is 3.13. The van der Waals surface area contributed by atoms with Crippen LogP contribution in [0, 0.1) is 5.92 Å². The zero-order valence-electron chi connectivity index (χ0n) is 17.6. The van der Waals surface area contributed by atoms with E-state index in [9.17, 15) is 27.6 Å². The lowest BCUT2D eigenvalue weighted by Crippen LogP contribution is -2.74. The van der Waals surface area contributed by atoms with Crippen molar-refractivity contribution in [2.24, 2.45) is 11.7 Å². The van der Waals surface area contributed by atoms with E-state index in [0.717, 1.165) is 25.0 Å². The Morgan fingerprint density at radius 3 is 2.53 bits per heavy atom. The maximum atomic E-state index is 13.2. The second-order valence-electron chi connectivity index (χ2n) is 8.34. The number of alkyl halides is 3. The molecule has 12 heteroatoms. The van der Waals surface area contributed by atoms with Gasteiger partial charge in [0.2, 0.25) is 11.8 Å². The van der Waals surface area contributed by atoms with Crippen molar-refractivity contribution in [3.05, 3.63) is 53.9 Å². The fourth-order valence-corrected chi connectivity index (χ4v) is 4.70. The van der Waals surface area contributed by atoms with Gasteiger partial charge in [-0.25, -0.2) is 4.98 Å². The normalized spacial score (nSPS) is 21.4. The number of likely N-dealkylation sites (tertiary alicyclic amines) is 1. The summed E-state index contributed by atoms with van der Waals surface area (Å²) >= 11 is 0. The predicted octanol–water partition coefficient (Wildman–Crippen LogP) is 2.18. The van der Waals surface area contributed by atoms with Gasteiger partial charge in [-0.15, -0.1) is 0 Å². The van der Waals surface area contributed by atoms with Gasteiger partial charge in [-0.2, -0.15) is 18.3 Å². The number of hydrogen-bond donors (Lipinski definition) is 2. The highest BCUT2D eigenvalue weighted by atomic mass is 19.4. The number of pyridine rings is 1. The Labute approximate surface area is 190 Å². The molecule has 1 aliphatic carbocycles. The minimum atomic E-state index is -4.64.